The second-order valence-electron chi connectivity index (χ2n) is 6.24. The number of fused-ring (bicyclic) bond motifs is 2. The number of nitrogens with zero attached hydrogens (tertiary/aromatic N) is 1. The van der Waals surface area contributed by atoms with Crippen LogP contribution in [0.15, 0.2) is 65.8 Å². The monoisotopic (exact) mass is 361 g/mol. The number of carbonyl (C=O) groups excluding carboxylic acids is 1. The third-order valence-electron chi connectivity index (χ3n) is 4.34. The first-order valence-corrected chi connectivity index (χ1v) is 8.67. The molecule has 0 radical (unpaired) electrons. The summed E-state index contributed by atoms with van der Waals surface area (Å²) >= 11 is 0. The minimum Gasteiger partial charge on any atom is -0.454 e. The van der Waals surface area contributed by atoms with Crippen LogP contribution < -0.4 is 20.2 Å². The topological polar surface area (TPSA) is 72.0 Å². The van der Waals surface area contributed by atoms with Gasteiger partial charge in [0.1, 0.15) is 6.04 Å². The number of ether oxygens (including phenoxy) is 2. The Kier molecular flexibility index (Phi) is 4.61. The van der Waals surface area contributed by atoms with Crippen LogP contribution in [0.25, 0.3) is 10.8 Å². The number of hydrogen-bond acceptors (Lipinski definition) is 5. The summed E-state index contributed by atoms with van der Waals surface area (Å²) in [5.74, 6) is 1.17. The van der Waals surface area contributed by atoms with Crippen LogP contribution in [0.5, 0.6) is 11.5 Å². The van der Waals surface area contributed by atoms with Crippen molar-refractivity contribution in [2.45, 2.75) is 13.0 Å². The number of anilines is 1. The van der Waals surface area contributed by atoms with Gasteiger partial charge in [-0.05, 0) is 42.1 Å². The Morgan fingerprint density at radius 3 is 2.81 bits per heavy atom. The van der Waals surface area contributed by atoms with Crippen molar-refractivity contribution in [3.63, 3.8) is 0 Å². The summed E-state index contributed by atoms with van der Waals surface area (Å²) in [6.07, 6.45) is 1.57. The molecule has 6 nitrogen and oxygen atoms in total. The van der Waals surface area contributed by atoms with Crippen LogP contribution in [0.1, 0.15) is 12.5 Å². The molecular formula is C21H19N3O3. The lowest BCUT2D eigenvalue weighted by Gasteiger charge is -2.15. The van der Waals surface area contributed by atoms with Crippen molar-refractivity contribution >= 4 is 28.6 Å². The molecule has 0 saturated heterocycles. The van der Waals surface area contributed by atoms with E-state index in [1.807, 2.05) is 60.7 Å². The smallest absolute Gasteiger partial charge is 0.262 e. The van der Waals surface area contributed by atoms with Crippen molar-refractivity contribution in [2.24, 2.45) is 5.10 Å². The summed E-state index contributed by atoms with van der Waals surface area (Å²) in [6, 6.07) is 19.1. The van der Waals surface area contributed by atoms with Crippen molar-refractivity contribution in [1.82, 2.24) is 5.43 Å². The SMILES string of the molecule is C[C@H](Nc1cccc2ccccc12)C(=O)N/N=C\c1ccc2c(c1)OCO2. The Bertz CT molecular complexity index is 1010. The number of amides is 1. The van der Waals surface area contributed by atoms with E-state index in [9.17, 15) is 4.79 Å². The standard InChI is InChI=1S/C21H19N3O3/c1-14(23-18-8-4-6-16-5-2-3-7-17(16)18)21(25)24-22-12-15-9-10-19-20(11-15)27-13-26-19/h2-12,14,23H,13H2,1H3,(H,24,25)/b22-12-/t14-/m0/s1. The molecule has 0 saturated carbocycles. The highest BCUT2D eigenvalue weighted by Gasteiger charge is 2.14. The molecule has 0 aromatic heterocycles. The minimum atomic E-state index is -0.440. The second kappa shape index (κ2) is 7.37. The summed E-state index contributed by atoms with van der Waals surface area (Å²) in [4.78, 5) is 12.3. The molecule has 0 unspecified atom stereocenters. The molecule has 4 rings (SSSR count). The van der Waals surface area contributed by atoms with E-state index in [0.29, 0.717) is 11.5 Å². The maximum Gasteiger partial charge on any atom is 0.262 e. The molecule has 0 bridgehead atoms. The van der Waals surface area contributed by atoms with Gasteiger partial charge in [-0.15, -0.1) is 0 Å². The van der Waals surface area contributed by atoms with E-state index in [2.05, 4.69) is 15.8 Å². The fourth-order valence-corrected chi connectivity index (χ4v) is 2.91. The molecule has 27 heavy (non-hydrogen) atoms. The number of rotatable bonds is 5. The molecule has 0 fully saturated rings. The van der Waals surface area contributed by atoms with Gasteiger partial charge in [0.2, 0.25) is 6.79 Å². The molecule has 3 aromatic rings. The first kappa shape index (κ1) is 16.9. The Balaban J connectivity index is 1.39. The summed E-state index contributed by atoms with van der Waals surface area (Å²) in [5.41, 5.74) is 4.29. The van der Waals surface area contributed by atoms with E-state index >= 15 is 0 Å². The highest BCUT2D eigenvalue weighted by Crippen LogP contribution is 2.32. The highest BCUT2D eigenvalue weighted by atomic mass is 16.7. The third kappa shape index (κ3) is 3.69. The fraction of sp³-hybridized carbons (Fsp3) is 0.143. The lowest BCUT2D eigenvalue weighted by Crippen LogP contribution is -2.34. The Labute approximate surface area is 156 Å². The molecule has 1 aliphatic rings. The largest absolute Gasteiger partial charge is 0.454 e. The molecule has 6 heteroatoms. The van der Waals surface area contributed by atoms with Crippen molar-refractivity contribution in [3.8, 4) is 11.5 Å². The predicted octanol–water partition coefficient (Wildman–Crippen LogP) is 3.52. The van der Waals surface area contributed by atoms with Crippen LogP contribution in [0.3, 0.4) is 0 Å². The van der Waals surface area contributed by atoms with Crippen molar-refractivity contribution in [1.29, 1.82) is 0 Å². The number of hydrazone groups is 1. The zero-order valence-corrected chi connectivity index (χ0v) is 14.8. The molecule has 1 atom stereocenters. The van der Waals surface area contributed by atoms with Gasteiger partial charge < -0.3 is 14.8 Å². The van der Waals surface area contributed by atoms with Crippen LogP contribution in [0.2, 0.25) is 0 Å². The summed E-state index contributed by atoms with van der Waals surface area (Å²) < 4.78 is 10.6. The molecule has 1 amide bonds. The van der Waals surface area contributed by atoms with E-state index < -0.39 is 6.04 Å². The predicted molar refractivity (Wildman–Crippen MR) is 105 cm³/mol. The maximum atomic E-state index is 12.3. The van der Waals surface area contributed by atoms with Crippen LogP contribution in [0, 0.1) is 0 Å². The molecule has 3 aromatic carbocycles. The van der Waals surface area contributed by atoms with E-state index in [1.165, 1.54) is 0 Å². The van der Waals surface area contributed by atoms with E-state index in [1.54, 1.807) is 13.1 Å². The highest BCUT2D eigenvalue weighted by molar-refractivity contribution is 5.96. The molecule has 0 spiro atoms. The lowest BCUT2D eigenvalue weighted by molar-refractivity contribution is -0.121. The van der Waals surface area contributed by atoms with Crippen molar-refractivity contribution in [3.05, 3.63) is 66.2 Å². The van der Waals surface area contributed by atoms with Gasteiger partial charge in [0.25, 0.3) is 5.91 Å². The molecule has 1 heterocycles. The van der Waals surface area contributed by atoms with Gasteiger partial charge in [-0.1, -0.05) is 36.4 Å². The van der Waals surface area contributed by atoms with Crippen molar-refractivity contribution < 1.29 is 14.3 Å². The lowest BCUT2D eigenvalue weighted by atomic mass is 10.1. The van der Waals surface area contributed by atoms with E-state index in [0.717, 1.165) is 22.0 Å². The average Bonchev–Trinajstić information content (AvgIpc) is 3.16. The quantitative estimate of drug-likeness (QED) is 0.539. The Morgan fingerprint density at radius 2 is 1.89 bits per heavy atom. The van der Waals surface area contributed by atoms with Crippen LogP contribution >= 0.6 is 0 Å². The van der Waals surface area contributed by atoms with Gasteiger partial charge in [0.15, 0.2) is 11.5 Å². The normalized spacial score (nSPS) is 13.7. The van der Waals surface area contributed by atoms with Gasteiger partial charge in [-0.25, -0.2) is 5.43 Å². The van der Waals surface area contributed by atoms with Crippen LogP contribution in [-0.4, -0.2) is 25.0 Å². The number of hydrogen-bond donors (Lipinski definition) is 2. The van der Waals surface area contributed by atoms with E-state index in [4.69, 9.17) is 9.47 Å². The number of nitrogens with one attached hydrogen (secondary N) is 2. The van der Waals surface area contributed by atoms with Gasteiger partial charge >= 0.3 is 0 Å². The Morgan fingerprint density at radius 1 is 1.07 bits per heavy atom. The fourth-order valence-electron chi connectivity index (χ4n) is 2.91. The third-order valence-corrected chi connectivity index (χ3v) is 4.34. The summed E-state index contributed by atoms with van der Waals surface area (Å²) in [6.45, 7) is 2.03. The van der Waals surface area contributed by atoms with Gasteiger partial charge in [0, 0.05) is 11.1 Å². The summed E-state index contributed by atoms with van der Waals surface area (Å²) in [7, 11) is 0. The molecule has 0 aliphatic carbocycles. The van der Waals surface area contributed by atoms with Crippen LogP contribution in [-0.2, 0) is 4.79 Å². The first-order valence-electron chi connectivity index (χ1n) is 8.67. The molecule has 136 valence electrons. The molecule has 1 aliphatic heterocycles. The molecular weight excluding hydrogens is 342 g/mol. The molecule has 2 N–H and O–H groups in total. The first-order chi connectivity index (χ1) is 13.2. The van der Waals surface area contributed by atoms with Crippen molar-refractivity contribution in [2.75, 3.05) is 12.1 Å². The van der Waals surface area contributed by atoms with Gasteiger partial charge in [0.05, 0.1) is 6.21 Å². The zero-order chi connectivity index (χ0) is 18.6. The number of carbonyl (C=O) groups is 1. The second-order valence-corrected chi connectivity index (χ2v) is 6.24. The average molecular weight is 361 g/mol. The minimum absolute atomic E-state index is 0.222. The van der Waals surface area contributed by atoms with Gasteiger partial charge in [-0.2, -0.15) is 5.10 Å². The number of benzene rings is 3. The summed E-state index contributed by atoms with van der Waals surface area (Å²) in [5, 5.41) is 9.47. The van der Waals surface area contributed by atoms with E-state index in [-0.39, 0.29) is 12.7 Å². The zero-order valence-electron chi connectivity index (χ0n) is 14.8. The van der Waals surface area contributed by atoms with Gasteiger partial charge in [-0.3, -0.25) is 4.79 Å². The van der Waals surface area contributed by atoms with Crippen LogP contribution in [0.4, 0.5) is 5.69 Å². The maximum absolute atomic E-state index is 12.3. The Hall–Kier alpha value is -3.54.